The molecule has 0 radical (unpaired) electrons. The van der Waals surface area contributed by atoms with Gasteiger partial charge in [-0.15, -0.1) is 0 Å². The van der Waals surface area contributed by atoms with E-state index >= 15 is 0 Å². The van der Waals surface area contributed by atoms with Gasteiger partial charge in [0.2, 0.25) is 0 Å². The molecule has 6 nitrogen and oxygen atoms in total. The van der Waals surface area contributed by atoms with Gasteiger partial charge in [0.15, 0.2) is 0 Å². The maximum absolute atomic E-state index is 14.5. The van der Waals surface area contributed by atoms with E-state index in [0.717, 1.165) is 51.6 Å². The van der Waals surface area contributed by atoms with E-state index < -0.39 is 11.7 Å². The van der Waals surface area contributed by atoms with Crippen molar-refractivity contribution in [1.82, 2.24) is 5.32 Å². The van der Waals surface area contributed by atoms with E-state index in [1.807, 2.05) is 26.8 Å². The largest absolute Gasteiger partial charge is 0.442 e. The number of nitrogens with one attached hydrogen (secondary N) is 1. The fraction of sp³-hybridized carbons (Fsp3) is 0.625. The summed E-state index contributed by atoms with van der Waals surface area (Å²) in [5.41, 5.74) is 0.338. The van der Waals surface area contributed by atoms with Crippen molar-refractivity contribution in [2.24, 2.45) is 10.9 Å². The molecule has 0 spiro atoms. The van der Waals surface area contributed by atoms with Crippen LogP contribution in [0.2, 0.25) is 0 Å². The highest BCUT2D eigenvalue weighted by Gasteiger charge is 2.29. The number of hydrogen-bond donors (Lipinski definition) is 1. The average Bonchev–Trinajstić information content (AvgIpc) is 2.72. The average molecular weight is 429 g/mol. The van der Waals surface area contributed by atoms with Gasteiger partial charge in [-0.1, -0.05) is 12.8 Å². The van der Waals surface area contributed by atoms with Gasteiger partial charge >= 0.3 is 6.09 Å². The Kier molecular flexibility index (Phi) is 7.66. The minimum absolute atomic E-state index is 0.184. The number of carbonyl (C=O) groups excluding carboxylic acids is 1. The fourth-order valence-corrected chi connectivity index (χ4v) is 4.46. The summed E-state index contributed by atoms with van der Waals surface area (Å²) >= 11 is 0. The van der Waals surface area contributed by atoms with E-state index in [4.69, 9.17) is 10.00 Å². The second kappa shape index (κ2) is 10.2. The lowest BCUT2D eigenvalue weighted by molar-refractivity contribution is 0.0604. The van der Waals surface area contributed by atoms with Crippen LogP contribution in [0.4, 0.5) is 14.9 Å². The zero-order valence-electron chi connectivity index (χ0n) is 18.7. The van der Waals surface area contributed by atoms with Gasteiger partial charge in [0.05, 0.1) is 17.3 Å². The van der Waals surface area contributed by atoms with E-state index in [-0.39, 0.29) is 23.8 Å². The van der Waals surface area contributed by atoms with Gasteiger partial charge in [-0.05, 0) is 64.7 Å². The maximum Gasteiger partial charge on any atom is 0.433 e. The lowest BCUT2D eigenvalue weighted by Crippen LogP contribution is -2.52. The van der Waals surface area contributed by atoms with Crippen LogP contribution in [0.1, 0.15) is 64.9 Å². The van der Waals surface area contributed by atoms with E-state index in [9.17, 15) is 9.18 Å². The van der Waals surface area contributed by atoms with Crippen molar-refractivity contribution in [2.75, 3.05) is 18.0 Å². The summed E-state index contributed by atoms with van der Waals surface area (Å²) in [5.74, 6) is -0.164. The molecule has 1 aliphatic carbocycles. The summed E-state index contributed by atoms with van der Waals surface area (Å²) in [6.45, 7) is 7.01. The number of anilines is 1. The van der Waals surface area contributed by atoms with Gasteiger partial charge in [0.1, 0.15) is 11.4 Å². The molecule has 1 saturated heterocycles. The van der Waals surface area contributed by atoms with Gasteiger partial charge < -0.3 is 15.0 Å². The molecule has 1 aromatic carbocycles. The Morgan fingerprint density at radius 2 is 2.06 bits per heavy atom. The van der Waals surface area contributed by atoms with Gasteiger partial charge in [-0.25, -0.2) is 9.18 Å². The number of piperidine rings is 1. The van der Waals surface area contributed by atoms with Crippen molar-refractivity contribution in [2.45, 2.75) is 77.0 Å². The first-order chi connectivity index (χ1) is 14.7. The Morgan fingerprint density at radius 3 is 2.77 bits per heavy atom. The first-order valence-electron chi connectivity index (χ1n) is 11.2. The third kappa shape index (κ3) is 6.76. The molecular formula is C24H33FN4O2. The number of amides is 1. The first kappa shape index (κ1) is 23.2. The van der Waals surface area contributed by atoms with Gasteiger partial charge in [-0.2, -0.15) is 10.3 Å². The number of benzene rings is 1. The molecule has 2 fully saturated rings. The van der Waals surface area contributed by atoms with E-state index in [1.165, 1.54) is 6.07 Å². The molecule has 0 aromatic heterocycles. The molecule has 7 heteroatoms. The van der Waals surface area contributed by atoms with Crippen LogP contribution in [0.3, 0.4) is 0 Å². The predicted octanol–water partition coefficient (Wildman–Crippen LogP) is 4.82. The molecule has 1 saturated carbocycles. The second-order valence-electron chi connectivity index (χ2n) is 9.54. The van der Waals surface area contributed by atoms with Crippen molar-refractivity contribution in [3.63, 3.8) is 0 Å². The highest BCUT2D eigenvalue weighted by Crippen LogP contribution is 2.27. The lowest BCUT2D eigenvalue weighted by Gasteiger charge is -2.39. The molecule has 3 rings (SSSR count). The summed E-state index contributed by atoms with van der Waals surface area (Å²) in [6.07, 6.45) is 7.51. The molecule has 1 aromatic rings. The third-order valence-corrected chi connectivity index (χ3v) is 5.87. The molecule has 1 aliphatic heterocycles. The fourth-order valence-electron chi connectivity index (χ4n) is 4.46. The smallest absolute Gasteiger partial charge is 0.433 e. The number of halogens is 1. The van der Waals surface area contributed by atoms with Crippen molar-refractivity contribution in [3.8, 4) is 6.07 Å². The molecule has 3 atom stereocenters. The van der Waals surface area contributed by atoms with Crippen LogP contribution in [-0.4, -0.2) is 43.1 Å². The van der Waals surface area contributed by atoms with Gasteiger partial charge in [0.25, 0.3) is 0 Å². The Morgan fingerprint density at radius 1 is 1.29 bits per heavy atom. The number of rotatable bonds is 4. The Bertz CT molecular complexity index is 843. The first-order valence-corrected chi connectivity index (χ1v) is 11.2. The van der Waals surface area contributed by atoms with Gasteiger partial charge in [-0.3, -0.25) is 0 Å². The van der Waals surface area contributed by atoms with Crippen LogP contribution < -0.4 is 10.2 Å². The summed E-state index contributed by atoms with van der Waals surface area (Å²) in [6, 6.07) is 7.14. The summed E-state index contributed by atoms with van der Waals surface area (Å²) in [5, 5.41) is 12.7. The summed E-state index contributed by atoms with van der Waals surface area (Å²) < 4.78 is 19.8. The molecule has 1 amide bonds. The lowest BCUT2D eigenvalue weighted by atomic mass is 9.84. The Balaban J connectivity index is 1.62. The topological polar surface area (TPSA) is 77.7 Å². The molecule has 1 unspecified atom stereocenters. The van der Waals surface area contributed by atoms with Crippen molar-refractivity contribution in [1.29, 1.82) is 5.26 Å². The van der Waals surface area contributed by atoms with Crippen LogP contribution in [0.25, 0.3) is 0 Å². The minimum Gasteiger partial charge on any atom is -0.442 e. The number of nitrogens with zero attached hydrogens (tertiary/aromatic N) is 3. The second-order valence-corrected chi connectivity index (χ2v) is 9.54. The Hall–Kier alpha value is -2.46. The maximum atomic E-state index is 14.5. The molecule has 168 valence electrons. The van der Waals surface area contributed by atoms with Crippen LogP contribution in [0.15, 0.2) is 23.2 Å². The molecule has 1 heterocycles. The summed E-state index contributed by atoms with van der Waals surface area (Å²) in [7, 11) is 0. The monoisotopic (exact) mass is 428 g/mol. The van der Waals surface area contributed by atoms with Crippen LogP contribution in [-0.2, 0) is 4.74 Å². The van der Waals surface area contributed by atoms with E-state index in [0.29, 0.717) is 11.3 Å². The zero-order chi connectivity index (χ0) is 22.4. The highest BCUT2D eigenvalue weighted by molar-refractivity contribution is 5.80. The standard InChI is InChI=1S/C24H33FN4O2/c1-24(2,3)31-23(30)27-15-18-7-4-5-9-21(18)28-19-8-6-12-29(16-19)22-11-10-17(14-26)13-20(22)25/h10-11,13,15,18-19,21,28H,4-9,12,16H2,1-3H3/t18?,19-,21+/m0/s1. The summed E-state index contributed by atoms with van der Waals surface area (Å²) in [4.78, 5) is 18.1. The quantitative estimate of drug-likeness (QED) is 0.696. The highest BCUT2D eigenvalue weighted by atomic mass is 19.1. The van der Waals surface area contributed by atoms with Crippen molar-refractivity contribution < 1.29 is 13.9 Å². The van der Waals surface area contributed by atoms with Crippen LogP contribution in [0.5, 0.6) is 0 Å². The minimum atomic E-state index is -0.551. The molecule has 2 aliphatic rings. The predicted molar refractivity (Wildman–Crippen MR) is 120 cm³/mol. The number of hydrogen-bond acceptors (Lipinski definition) is 5. The number of carbonyl (C=O) groups is 1. The zero-order valence-corrected chi connectivity index (χ0v) is 18.7. The number of ether oxygens (including phenoxy) is 1. The van der Waals surface area contributed by atoms with Crippen LogP contribution in [0, 0.1) is 23.1 Å². The van der Waals surface area contributed by atoms with Crippen molar-refractivity contribution >= 4 is 18.0 Å². The molecular weight excluding hydrogens is 395 g/mol. The third-order valence-electron chi connectivity index (χ3n) is 5.87. The SMILES string of the molecule is CC(C)(C)OC(=O)N=CC1CCCC[C@H]1N[C@H]1CCCN(c2ccc(C#N)cc2F)C1. The molecule has 31 heavy (non-hydrogen) atoms. The Labute approximate surface area is 184 Å². The number of aliphatic imine (C=N–C) groups is 1. The van der Waals surface area contributed by atoms with Crippen LogP contribution >= 0.6 is 0 Å². The van der Waals surface area contributed by atoms with E-state index in [2.05, 4.69) is 15.2 Å². The van der Waals surface area contributed by atoms with Gasteiger partial charge in [0, 0.05) is 37.3 Å². The number of nitriles is 1. The molecule has 1 N–H and O–H groups in total. The van der Waals surface area contributed by atoms with Crippen molar-refractivity contribution in [3.05, 3.63) is 29.6 Å². The van der Waals surface area contributed by atoms with E-state index in [1.54, 1.807) is 18.3 Å². The molecule has 0 bridgehead atoms. The normalized spacial score (nSPS) is 24.7.